The molecule has 0 amide bonds. The van der Waals surface area contributed by atoms with E-state index in [4.69, 9.17) is 15.8 Å². The lowest BCUT2D eigenvalue weighted by molar-refractivity contribution is 0.630. The molecule has 0 aliphatic rings. The van der Waals surface area contributed by atoms with Crippen LogP contribution in [0.25, 0.3) is 0 Å². The SMILES string of the molecule is N#CC(C#N)=C(C#N)Nc1ccc(CBr)cc1F. The average Bonchev–Trinajstić information content (AvgIpc) is 2.40. The van der Waals surface area contributed by atoms with Gasteiger partial charge in [-0.15, -0.1) is 0 Å². The largest absolute Gasteiger partial charge is 0.343 e. The summed E-state index contributed by atoms with van der Waals surface area (Å²) in [5, 5.41) is 29.0. The predicted molar refractivity (Wildman–Crippen MR) is 66.5 cm³/mol. The summed E-state index contributed by atoms with van der Waals surface area (Å²) in [5.41, 5.74) is 0.118. The van der Waals surface area contributed by atoms with Crippen LogP contribution in [-0.4, -0.2) is 0 Å². The average molecular weight is 305 g/mol. The molecule has 0 aromatic heterocycles. The van der Waals surface area contributed by atoms with Gasteiger partial charge in [0, 0.05) is 5.33 Å². The Labute approximate surface area is 112 Å². The molecule has 0 radical (unpaired) electrons. The number of anilines is 1. The second kappa shape index (κ2) is 6.39. The first-order chi connectivity index (χ1) is 8.65. The lowest BCUT2D eigenvalue weighted by Crippen LogP contribution is -2.02. The van der Waals surface area contributed by atoms with Crippen molar-refractivity contribution >= 4 is 21.6 Å². The van der Waals surface area contributed by atoms with E-state index in [2.05, 4.69) is 21.2 Å². The Bertz CT molecular complexity index is 600. The summed E-state index contributed by atoms with van der Waals surface area (Å²) in [6.45, 7) is 0. The van der Waals surface area contributed by atoms with Crippen molar-refractivity contribution in [3.05, 3.63) is 40.8 Å². The Hall–Kier alpha value is -2.36. The lowest BCUT2D eigenvalue weighted by atomic mass is 10.2. The molecule has 0 aliphatic carbocycles. The molecule has 1 aromatic carbocycles. The molecule has 6 heteroatoms. The number of rotatable bonds is 3. The standard InChI is InChI=1S/C12H6BrFN4/c13-4-8-1-2-11(10(14)3-8)18-12(7-17)9(5-15)6-16/h1-3,18H,4H2. The number of benzene rings is 1. The Morgan fingerprint density at radius 1 is 1.22 bits per heavy atom. The van der Waals surface area contributed by atoms with Crippen molar-refractivity contribution in [2.45, 2.75) is 5.33 Å². The molecule has 0 saturated heterocycles. The summed E-state index contributed by atoms with van der Waals surface area (Å²) in [7, 11) is 0. The van der Waals surface area contributed by atoms with Crippen molar-refractivity contribution in [2.75, 3.05) is 5.32 Å². The third kappa shape index (κ3) is 3.07. The van der Waals surface area contributed by atoms with Gasteiger partial charge in [0.2, 0.25) is 0 Å². The normalized spacial score (nSPS) is 8.61. The fourth-order valence-corrected chi connectivity index (χ4v) is 1.51. The monoisotopic (exact) mass is 304 g/mol. The van der Waals surface area contributed by atoms with E-state index in [1.807, 2.05) is 0 Å². The van der Waals surface area contributed by atoms with E-state index in [-0.39, 0.29) is 17.0 Å². The molecule has 4 nitrogen and oxygen atoms in total. The summed E-state index contributed by atoms with van der Waals surface area (Å²) in [6.07, 6.45) is 0. The predicted octanol–water partition coefficient (Wildman–Crippen LogP) is 2.96. The molecule has 1 N–H and O–H groups in total. The van der Waals surface area contributed by atoms with Crippen LogP contribution in [0.1, 0.15) is 5.56 Å². The van der Waals surface area contributed by atoms with Crippen molar-refractivity contribution < 1.29 is 4.39 Å². The van der Waals surface area contributed by atoms with E-state index in [0.29, 0.717) is 5.33 Å². The minimum Gasteiger partial charge on any atom is -0.343 e. The van der Waals surface area contributed by atoms with Crippen LogP contribution in [0.5, 0.6) is 0 Å². The molecule has 0 bridgehead atoms. The second-order valence-electron chi connectivity index (χ2n) is 3.16. The van der Waals surface area contributed by atoms with Gasteiger partial charge < -0.3 is 5.32 Å². The third-order valence-corrected chi connectivity index (χ3v) is 2.68. The number of allylic oxidation sites excluding steroid dienone is 2. The van der Waals surface area contributed by atoms with Crippen LogP contribution in [0.3, 0.4) is 0 Å². The van der Waals surface area contributed by atoms with Crippen molar-refractivity contribution in [3.8, 4) is 18.2 Å². The van der Waals surface area contributed by atoms with Crippen molar-refractivity contribution in [2.24, 2.45) is 0 Å². The number of nitrogens with zero attached hydrogens (tertiary/aromatic N) is 3. The number of nitriles is 3. The van der Waals surface area contributed by atoms with E-state index in [1.165, 1.54) is 12.1 Å². The Kier molecular flexibility index (Phi) is 4.87. The fraction of sp³-hybridized carbons (Fsp3) is 0.0833. The summed E-state index contributed by atoms with van der Waals surface area (Å²) in [5.74, 6) is -0.560. The van der Waals surface area contributed by atoms with Gasteiger partial charge in [-0.25, -0.2) is 4.39 Å². The Morgan fingerprint density at radius 2 is 1.89 bits per heavy atom. The highest BCUT2D eigenvalue weighted by atomic mass is 79.9. The van der Waals surface area contributed by atoms with Crippen LogP contribution >= 0.6 is 15.9 Å². The van der Waals surface area contributed by atoms with Gasteiger partial charge in [-0.3, -0.25) is 0 Å². The molecule has 0 heterocycles. The molecule has 0 aliphatic heterocycles. The lowest BCUT2D eigenvalue weighted by Gasteiger charge is -2.06. The van der Waals surface area contributed by atoms with Crippen molar-refractivity contribution in [1.82, 2.24) is 0 Å². The van der Waals surface area contributed by atoms with Gasteiger partial charge in [0.1, 0.15) is 29.7 Å². The number of alkyl halides is 1. The summed E-state index contributed by atoms with van der Waals surface area (Å²) < 4.78 is 13.6. The summed E-state index contributed by atoms with van der Waals surface area (Å²) in [6, 6.07) is 9.19. The van der Waals surface area contributed by atoms with Crippen LogP contribution in [0.15, 0.2) is 29.5 Å². The molecule has 0 spiro atoms. The Balaban J connectivity index is 3.14. The van der Waals surface area contributed by atoms with E-state index >= 15 is 0 Å². The molecule has 18 heavy (non-hydrogen) atoms. The van der Waals surface area contributed by atoms with Gasteiger partial charge in [0.25, 0.3) is 0 Å². The second-order valence-corrected chi connectivity index (χ2v) is 3.72. The van der Waals surface area contributed by atoms with Gasteiger partial charge in [0.05, 0.1) is 5.69 Å². The summed E-state index contributed by atoms with van der Waals surface area (Å²) in [4.78, 5) is 0. The van der Waals surface area contributed by atoms with Crippen molar-refractivity contribution in [1.29, 1.82) is 15.8 Å². The zero-order valence-corrected chi connectivity index (χ0v) is 10.6. The van der Waals surface area contributed by atoms with Gasteiger partial charge in [-0.2, -0.15) is 15.8 Å². The van der Waals surface area contributed by atoms with Crippen LogP contribution in [-0.2, 0) is 5.33 Å². The van der Waals surface area contributed by atoms with E-state index in [9.17, 15) is 4.39 Å². The maximum Gasteiger partial charge on any atom is 0.163 e. The molecule has 0 atom stereocenters. The fourth-order valence-electron chi connectivity index (χ4n) is 1.16. The highest BCUT2D eigenvalue weighted by molar-refractivity contribution is 9.08. The van der Waals surface area contributed by atoms with E-state index < -0.39 is 5.82 Å². The quantitative estimate of drug-likeness (QED) is 0.687. The maximum atomic E-state index is 13.6. The van der Waals surface area contributed by atoms with Gasteiger partial charge >= 0.3 is 0 Å². The smallest absolute Gasteiger partial charge is 0.163 e. The van der Waals surface area contributed by atoms with Crippen LogP contribution in [0.4, 0.5) is 10.1 Å². The van der Waals surface area contributed by atoms with Gasteiger partial charge in [-0.1, -0.05) is 22.0 Å². The zero-order valence-electron chi connectivity index (χ0n) is 9.04. The van der Waals surface area contributed by atoms with Gasteiger partial charge in [-0.05, 0) is 17.7 Å². The number of halogens is 2. The first-order valence-electron chi connectivity index (χ1n) is 4.72. The van der Waals surface area contributed by atoms with Crippen molar-refractivity contribution in [3.63, 3.8) is 0 Å². The van der Waals surface area contributed by atoms with E-state index in [1.54, 1.807) is 24.3 Å². The molecular formula is C12H6BrFN4. The van der Waals surface area contributed by atoms with Gasteiger partial charge in [0.15, 0.2) is 5.57 Å². The minimum atomic E-state index is -0.560. The van der Waals surface area contributed by atoms with E-state index in [0.717, 1.165) is 5.56 Å². The molecule has 88 valence electrons. The first kappa shape index (κ1) is 13.7. The number of nitrogens with one attached hydrogen (secondary N) is 1. The Morgan fingerprint density at radius 3 is 2.33 bits per heavy atom. The first-order valence-corrected chi connectivity index (χ1v) is 5.84. The molecule has 1 aromatic rings. The molecule has 0 unspecified atom stereocenters. The summed E-state index contributed by atoms with van der Waals surface area (Å²) >= 11 is 3.19. The zero-order chi connectivity index (χ0) is 13.5. The van der Waals surface area contributed by atoms with Crippen LogP contribution < -0.4 is 5.32 Å². The maximum absolute atomic E-state index is 13.6. The number of hydrogen-bond donors (Lipinski definition) is 1. The molecule has 1 rings (SSSR count). The molecular weight excluding hydrogens is 299 g/mol. The molecule has 0 saturated carbocycles. The van der Waals surface area contributed by atoms with Crippen LogP contribution in [0.2, 0.25) is 0 Å². The third-order valence-electron chi connectivity index (χ3n) is 2.03. The van der Waals surface area contributed by atoms with Crippen LogP contribution in [0, 0.1) is 39.8 Å². The number of hydrogen-bond acceptors (Lipinski definition) is 4. The topological polar surface area (TPSA) is 83.4 Å². The highest BCUT2D eigenvalue weighted by Crippen LogP contribution is 2.19. The molecule has 0 fully saturated rings. The highest BCUT2D eigenvalue weighted by Gasteiger charge is 2.09. The minimum absolute atomic E-state index is 0.0410.